The van der Waals surface area contributed by atoms with Gasteiger partial charge in [0.15, 0.2) is 17.4 Å². The number of rotatable bonds is 4. The Hall–Kier alpha value is -3.14. The van der Waals surface area contributed by atoms with Gasteiger partial charge in [0.1, 0.15) is 6.21 Å². The Kier molecular flexibility index (Phi) is 4.63. The number of ether oxygens (including phenoxy) is 2. The molecule has 28 heavy (non-hydrogen) atoms. The van der Waals surface area contributed by atoms with Gasteiger partial charge in [0, 0.05) is 16.7 Å². The van der Waals surface area contributed by atoms with Crippen molar-refractivity contribution < 1.29 is 28.4 Å². The number of nitrogens with zero attached hydrogens (tertiary/aromatic N) is 3. The topological polar surface area (TPSA) is 100 Å². The lowest BCUT2D eigenvalue weighted by Gasteiger charge is -2.26. The summed E-state index contributed by atoms with van der Waals surface area (Å²) in [5.74, 6) is 0.433. The van der Waals surface area contributed by atoms with Gasteiger partial charge in [-0.3, -0.25) is 9.59 Å². The molecule has 10 heteroatoms. The summed E-state index contributed by atoms with van der Waals surface area (Å²) in [7, 11) is 3.01. The number of urea groups is 1. The molecule has 3 heterocycles. The predicted molar refractivity (Wildman–Crippen MR) is 103 cm³/mol. The number of dihydropyridines is 1. The quantitative estimate of drug-likeness (QED) is 0.764. The van der Waals surface area contributed by atoms with Gasteiger partial charge in [-0.25, -0.2) is 4.79 Å². The van der Waals surface area contributed by atoms with Crippen LogP contribution in [0, 0.1) is 5.92 Å². The third-order valence-electron chi connectivity index (χ3n) is 4.51. The van der Waals surface area contributed by atoms with E-state index in [1.807, 2.05) is 0 Å². The number of fused-ring (bicyclic) bond motifs is 2. The van der Waals surface area contributed by atoms with Crippen LogP contribution in [0.2, 0.25) is 0 Å². The Balaban J connectivity index is 1.44. The van der Waals surface area contributed by atoms with Crippen LogP contribution >= 0.6 is 11.8 Å². The Morgan fingerprint density at radius 2 is 2.14 bits per heavy atom. The fraction of sp³-hybridized carbons (Fsp3) is 0.278. The van der Waals surface area contributed by atoms with Gasteiger partial charge in [-0.1, -0.05) is 0 Å². The van der Waals surface area contributed by atoms with Crippen molar-refractivity contribution in [3.63, 3.8) is 0 Å². The summed E-state index contributed by atoms with van der Waals surface area (Å²) in [4.78, 5) is 42.9. The molecule has 1 aromatic rings. The number of carbonyl (C=O) groups is 3. The lowest BCUT2D eigenvalue weighted by atomic mass is 10.0. The van der Waals surface area contributed by atoms with Gasteiger partial charge in [-0.15, -0.1) is 16.8 Å². The van der Waals surface area contributed by atoms with Crippen LogP contribution < -0.4 is 14.8 Å². The summed E-state index contributed by atoms with van der Waals surface area (Å²) in [6.45, 7) is 0.165. The third-order valence-corrected chi connectivity index (χ3v) is 5.62. The van der Waals surface area contributed by atoms with Gasteiger partial charge in [-0.05, 0) is 18.2 Å². The van der Waals surface area contributed by atoms with Crippen LogP contribution in [0.5, 0.6) is 11.5 Å². The minimum atomic E-state index is -0.680. The van der Waals surface area contributed by atoms with Gasteiger partial charge in [0.05, 0.1) is 19.8 Å². The van der Waals surface area contributed by atoms with E-state index in [-0.39, 0.29) is 24.4 Å². The van der Waals surface area contributed by atoms with Gasteiger partial charge in [0.25, 0.3) is 5.84 Å². The van der Waals surface area contributed by atoms with E-state index >= 15 is 0 Å². The van der Waals surface area contributed by atoms with Crippen LogP contribution in [-0.4, -0.2) is 66.0 Å². The number of benzene rings is 1. The van der Waals surface area contributed by atoms with E-state index < -0.39 is 11.9 Å². The maximum Gasteiger partial charge on any atom is 0.445 e. The van der Waals surface area contributed by atoms with Crippen molar-refractivity contribution in [2.45, 2.75) is 0 Å². The zero-order chi connectivity index (χ0) is 19.8. The maximum absolute atomic E-state index is 12.6. The Bertz CT molecular complexity index is 984. The Morgan fingerprint density at radius 1 is 1.36 bits per heavy atom. The minimum absolute atomic E-state index is 0.104. The second kappa shape index (κ2) is 7.12. The first kappa shape index (κ1) is 18.2. The van der Waals surface area contributed by atoms with Gasteiger partial charge in [0.2, 0.25) is 12.7 Å². The third kappa shape index (κ3) is 3.15. The number of nitrogens with one attached hydrogen (secondary N) is 1. The summed E-state index contributed by atoms with van der Waals surface area (Å²) < 4.78 is 11.9. The van der Waals surface area contributed by atoms with E-state index in [4.69, 9.17) is 9.47 Å². The Morgan fingerprint density at radius 3 is 2.96 bits per heavy atom. The monoisotopic (exact) mass is 401 g/mol. The molecule has 1 N–H and O–H groups in total. The molecular formula is C18H17N4O5S+. The largest absolute Gasteiger partial charge is 0.454 e. The average molecular weight is 401 g/mol. The summed E-state index contributed by atoms with van der Waals surface area (Å²) in [6, 6.07) is 4.73. The lowest BCUT2D eigenvalue weighted by Crippen LogP contribution is -2.52. The fourth-order valence-electron chi connectivity index (χ4n) is 3.06. The summed E-state index contributed by atoms with van der Waals surface area (Å²) in [5.41, 5.74) is 0.597. The zero-order valence-corrected chi connectivity index (χ0v) is 16.0. The van der Waals surface area contributed by atoms with Crippen LogP contribution in [0.3, 0.4) is 0 Å². The molecule has 1 atom stereocenters. The van der Waals surface area contributed by atoms with Crippen molar-refractivity contribution in [1.29, 1.82) is 0 Å². The lowest BCUT2D eigenvalue weighted by molar-refractivity contribution is -0.407. The molecule has 4 amide bonds. The van der Waals surface area contributed by atoms with Gasteiger partial charge >= 0.3 is 11.9 Å². The average Bonchev–Trinajstić information content (AvgIpc) is 3.16. The van der Waals surface area contributed by atoms with E-state index in [1.54, 1.807) is 31.3 Å². The summed E-state index contributed by atoms with van der Waals surface area (Å²) in [5, 5.41) is 2.80. The minimum Gasteiger partial charge on any atom is -0.454 e. The van der Waals surface area contributed by atoms with Crippen LogP contribution in [0.4, 0.5) is 10.5 Å². The molecular weight excluding hydrogens is 384 g/mol. The number of hydrogen-bond acceptors (Lipinski definition) is 7. The Labute approximate surface area is 164 Å². The number of anilines is 1. The van der Waals surface area contributed by atoms with Crippen LogP contribution in [0.25, 0.3) is 0 Å². The van der Waals surface area contributed by atoms with Gasteiger partial charge in [-0.2, -0.15) is 9.48 Å². The van der Waals surface area contributed by atoms with Crippen molar-refractivity contribution in [3.8, 4) is 11.5 Å². The predicted octanol–water partition coefficient (Wildman–Crippen LogP) is 1.30. The number of allylic oxidation sites excluding steroid dienone is 1. The number of hydrogen-bond donors (Lipinski definition) is 1. The standard InChI is InChI=1S/C18H16N4O5S/c1-21-16-15(17(24)22(2)18(21)25)13(5-6-19-16)28-8-14(23)20-10-3-4-11-12(7-10)27-9-26-11/h3-7,15H,8-9H2,1-2H3/p+1. The molecule has 3 aliphatic heterocycles. The smallest absolute Gasteiger partial charge is 0.445 e. The number of amides is 4. The van der Waals surface area contributed by atoms with E-state index in [0.717, 1.165) is 4.90 Å². The molecule has 0 saturated heterocycles. The summed E-state index contributed by atoms with van der Waals surface area (Å²) in [6.07, 6.45) is 3.23. The molecule has 1 aromatic carbocycles. The fourth-order valence-corrected chi connectivity index (χ4v) is 3.96. The molecule has 1 unspecified atom stereocenters. The molecule has 144 valence electrons. The van der Waals surface area contributed by atoms with Crippen molar-refractivity contribution in [2.75, 3.05) is 32.0 Å². The number of carbonyl (C=O) groups excluding carboxylic acids is 3. The van der Waals surface area contributed by atoms with Gasteiger partial charge < -0.3 is 14.8 Å². The number of aliphatic imine (C=N–C) groups is 1. The SMILES string of the molecule is CN1C(=O)C2C(SCC(=O)Nc3ccc4c(c3)OCO4)=CC=NC2=[N+](C)C1=O. The molecule has 0 aliphatic carbocycles. The number of imide groups is 1. The van der Waals surface area contributed by atoms with Crippen LogP contribution in [0.15, 0.2) is 34.2 Å². The first-order valence-electron chi connectivity index (χ1n) is 8.44. The molecule has 3 aliphatic rings. The molecule has 0 spiro atoms. The number of amidine groups is 1. The van der Waals surface area contributed by atoms with E-state index in [1.165, 1.54) is 29.6 Å². The van der Waals surface area contributed by atoms with E-state index in [0.29, 0.717) is 27.9 Å². The van der Waals surface area contributed by atoms with Crippen molar-refractivity contribution >= 4 is 47.3 Å². The first-order chi connectivity index (χ1) is 13.5. The molecule has 4 rings (SSSR count). The van der Waals surface area contributed by atoms with Crippen molar-refractivity contribution in [2.24, 2.45) is 10.9 Å². The molecule has 0 radical (unpaired) electrons. The second-order valence-corrected chi connectivity index (χ2v) is 7.33. The normalized spacial score (nSPS) is 20.3. The van der Waals surface area contributed by atoms with Crippen molar-refractivity contribution in [1.82, 2.24) is 4.90 Å². The summed E-state index contributed by atoms with van der Waals surface area (Å²) >= 11 is 1.24. The molecule has 0 saturated carbocycles. The van der Waals surface area contributed by atoms with Crippen LogP contribution in [0.1, 0.15) is 0 Å². The molecule has 0 bridgehead atoms. The molecule has 0 fully saturated rings. The zero-order valence-electron chi connectivity index (χ0n) is 15.2. The molecule has 0 aromatic heterocycles. The highest BCUT2D eigenvalue weighted by Crippen LogP contribution is 2.35. The highest BCUT2D eigenvalue weighted by Gasteiger charge is 2.47. The molecule has 9 nitrogen and oxygen atoms in total. The highest BCUT2D eigenvalue weighted by atomic mass is 32.2. The van der Waals surface area contributed by atoms with E-state index in [2.05, 4.69) is 10.3 Å². The van der Waals surface area contributed by atoms with Crippen molar-refractivity contribution in [3.05, 3.63) is 29.2 Å². The highest BCUT2D eigenvalue weighted by molar-refractivity contribution is 8.03. The van der Waals surface area contributed by atoms with Crippen LogP contribution in [-0.2, 0) is 9.59 Å². The number of thioether (sulfide) groups is 1. The second-order valence-electron chi connectivity index (χ2n) is 6.28. The van der Waals surface area contributed by atoms with E-state index in [9.17, 15) is 14.4 Å². The maximum atomic E-state index is 12.6. The first-order valence-corrected chi connectivity index (χ1v) is 9.43.